The highest BCUT2D eigenvalue weighted by Crippen LogP contribution is 2.69. The Labute approximate surface area is 274 Å². The number of hydrogen-bond donors (Lipinski definition) is 2. The van der Waals surface area contributed by atoms with Crippen LogP contribution in [0, 0.1) is 23.2 Å². The van der Waals surface area contributed by atoms with Crippen LogP contribution in [-0.2, 0) is 47.6 Å². The highest BCUT2D eigenvalue weighted by Gasteiger charge is 2.88. The van der Waals surface area contributed by atoms with Crippen LogP contribution in [0.25, 0.3) is 0 Å². The van der Waals surface area contributed by atoms with E-state index < -0.39 is 113 Å². The Kier molecular flexibility index (Phi) is 9.89. The molecule has 0 unspecified atom stereocenters. The molecule has 4 rings (SSSR count). The van der Waals surface area contributed by atoms with E-state index >= 15 is 0 Å². The zero-order valence-electron chi connectivity index (χ0n) is 28.3. The van der Waals surface area contributed by atoms with Gasteiger partial charge in [0.25, 0.3) is 0 Å². The molecule has 3 fully saturated rings. The van der Waals surface area contributed by atoms with Crippen molar-refractivity contribution >= 4 is 29.8 Å². The smallest absolute Gasteiger partial charge is 0.338 e. The number of carbonyl (C=O) groups is 5. The van der Waals surface area contributed by atoms with Gasteiger partial charge in [0, 0.05) is 20.3 Å². The van der Waals surface area contributed by atoms with Gasteiger partial charge in [-0.1, -0.05) is 45.9 Å². The van der Waals surface area contributed by atoms with Crippen molar-refractivity contribution in [2.75, 3.05) is 6.61 Å². The number of hydrogen-bond acceptors (Lipinski definition) is 13. The third-order valence-electron chi connectivity index (χ3n) is 9.58. The van der Waals surface area contributed by atoms with E-state index in [1.807, 2.05) is 0 Å². The molecule has 47 heavy (non-hydrogen) atoms. The van der Waals surface area contributed by atoms with Crippen LogP contribution in [-0.4, -0.2) is 94.0 Å². The third kappa shape index (κ3) is 6.02. The zero-order valence-corrected chi connectivity index (χ0v) is 28.3. The Hall–Kier alpha value is -3.55. The van der Waals surface area contributed by atoms with Crippen LogP contribution in [0.15, 0.2) is 30.3 Å². The van der Waals surface area contributed by atoms with Crippen molar-refractivity contribution in [1.29, 1.82) is 0 Å². The summed E-state index contributed by atoms with van der Waals surface area (Å²) < 4.78 is 36.5. The molecule has 0 radical (unpaired) electrons. The molecule has 1 spiro atoms. The number of benzene rings is 1. The highest BCUT2D eigenvalue weighted by atomic mass is 16.6. The molecular formula is C34H46O13. The summed E-state index contributed by atoms with van der Waals surface area (Å²) >= 11 is 0. The summed E-state index contributed by atoms with van der Waals surface area (Å²) in [5.41, 5.74) is -7.86. The molecule has 0 amide bonds. The molecule has 1 aliphatic heterocycles. The van der Waals surface area contributed by atoms with Crippen molar-refractivity contribution in [2.45, 2.75) is 116 Å². The molecule has 1 heterocycles. The summed E-state index contributed by atoms with van der Waals surface area (Å²) in [7, 11) is 0. The molecular weight excluding hydrogens is 616 g/mol. The van der Waals surface area contributed by atoms with Crippen LogP contribution < -0.4 is 0 Å². The van der Waals surface area contributed by atoms with E-state index in [2.05, 4.69) is 0 Å². The third-order valence-corrected chi connectivity index (χ3v) is 9.58. The Morgan fingerprint density at radius 2 is 1.43 bits per heavy atom. The van der Waals surface area contributed by atoms with Gasteiger partial charge in [-0.3, -0.25) is 19.2 Å². The first-order chi connectivity index (χ1) is 21.7. The van der Waals surface area contributed by atoms with Crippen LogP contribution >= 0.6 is 0 Å². The number of aliphatic hydroxyl groups excluding tert-OH is 1. The minimum Gasteiger partial charge on any atom is -0.464 e. The summed E-state index contributed by atoms with van der Waals surface area (Å²) in [4.78, 5) is 65.7. The number of carbonyl (C=O) groups excluding carboxylic acids is 5. The molecule has 1 aromatic rings. The van der Waals surface area contributed by atoms with E-state index in [0.717, 1.165) is 13.8 Å². The van der Waals surface area contributed by atoms with Gasteiger partial charge in [0.1, 0.15) is 29.8 Å². The van der Waals surface area contributed by atoms with Gasteiger partial charge >= 0.3 is 29.8 Å². The maximum atomic E-state index is 13.9. The van der Waals surface area contributed by atoms with Crippen LogP contribution in [0.2, 0.25) is 0 Å². The van der Waals surface area contributed by atoms with Gasteiger partial charge in [-0.05, 0) is 32.9 Å². The van der Waals surface area contributed by atoms with Gasteiger partial charge in [-0.15, -0.1) is 0 Å². The fraction of sp³-hybridized carbons (Fsp3) is 0.676. The monoisotopic (exact) mass is 662 g/mol. The SMILES string of the molecule is CC(=O)O[C@H]1[C@@H]2[C@@H](O)[C@@]3(OC2(C)C)[C@](COC(=O)C(C)C)([C@@H]1OC(=O)c1ccccc1)[C@@H](OC(C)=O)[C@@H](OC(=O)C(C)C)C[C@]3(C)O. The molecule has 3 aliphatic rings. The molecule has 13 heteroatoms. The first-order valence-electron chi connectivity index (χ1n) is 15.8. The Morgan fingerprint density at radius 1 is 0.851 bits per heavy atom. The predicted molar refractivity (Wildman–Crippen MR) is 162 cm³/mol. The minimum absolute atomic E-state index is 0.102. The van der Waals surface area contributed by atoms with E-state index in [1.165, 1.54) is 19.1 Å². The van der Waals surface area contributed by atoms with Crippen LogP contribution in [0.5, 0.6) is 0 Å². The summed E-state index contributed by atoms with van der Waals surface area (Å²) in [6.07, 6.45) is -8.38. The molecule has 2 bridgehead atoms. The maximum Gasteiger partial charge on any atom is 0.338 e. The summed E-state index contributed by atoms with van der Waals surface area (Å²) in [6.45, 7) is 12.4. The van der Waals surface area contributed by atoms with E-state index in [4.69, 9.17) is 28.4 Å². The molecule has 2 N–H and O–H groups in total. The molecule has 1 aromatic carbocycles. The molecule has 2 aliphatic carbocycles. The van der Waals surface area contributed by atoms with Gasteiger partial charge in [0.15, 0.2) is 12.2 Å². The molecule has 9 atom stereocenters. The van der Waals surface area contributed by atoms with Crippen molar-refractivity contribution in [1.82, 2.24) is 0 Å². The largest absolute Gasteiger partial charge is 0.464 e. The predicted octanol–water partition coefficient (Wildman–Crippen LogP) is 2.52. The topological polar surface area (TPSA) is 181 Å². The second-order valence-corrected chi connectivity index (χ2v) is 14.1. The molecule has 260 valence electrons. The van der Waals surface area contributed by atoms with E-state index in [0.29, 0.717) is 0 Å². The van der Waals surface area contributed by atoms with Gasteiger partial charge in [0.2, 0.25) is 0 Å². The lowest BCUT2D eigenvalue weighted by molar-refractivity contribution is -0.363. The number of fused-ring (bicyclic) bond motifs is 1. The highest BCUT2D eigenvalue weighted by molar-refractivity contribution is 5.89. The van der Waals surface area contributed by atoms with E-state index in [-0.39, 0.29) is 5.56 Å². The van der Waals surface area contributed by atoms with Crippen molar-refractivity contribution in [3.63, 3.8) is 0 Å². The van der Waals surface area contributed by atoms with E-state index in [1.54, 1.807) is 59.7 Å². The van der Waals surface area contributed by atoms with Gasteiger partial charge in [0.05, 0.1) is 40.6 Å². The second-order valence-electron chi connectivity index (χ2n) is 14.1. The van der Waals surface area contributed by atoms with E-state index in [9.17, 15) is 34.2 Å². The standard InChI is InChI=1S/C34H46O13/c1-17(2)28(38)42-16-33-26(44-20(6)36)22(45-29(39)18(3)4)15-32(9,41)34(33)25(37)23(31(7,8)47-34)24(43-19(5)35)27(33)46-30(40)21-13-11-10-12-14-21/h10-14,17-18,22-27,37,41H,15-16H2,1-9H3/t22-,23+,24-,25+,26-,27+,32-,33-,34-/m0/s1. The lowest BCUT2D eigenvalue weighted by Crippen LogP contribution is -2.85. The number of esters is 5. The molecule has 0 aromatic heterocycles. The van der Waals surface area contributed by atoms with Crippen molar-refractivity contribution in [3.05, 3.63) is 35.9 Å². The molecule has 2 saturated carbocycles. The van der Waals surface area contributed by atoms with Crippen LogP contribution in [0.4, 0.5) is 0 Å². The first kappa shape index (κ1) is 36.3. The summed E-state index contributed by atoms with van der Waals surface area (Å²) in [5, 5.41) is 24.9. The summed E-state index contributed by atoms with van der Waals surface area (Å²) in [5.74, 6) is -6.41. The van der Waals surface area contributed by atoms with Crippen molar-refractivity contribution in [2.24, 2.45) is 23.2 Å². The van der Waals surface area contributed by atoms with Gasteiger partial charge in [-0.25, -0.2) is 4.79 Å². The average Bonchev–Trinajstić information content (AvgIpc) is 3.15. The van der Waals surface area contributed by atoms with Crippen LogP contribution in [0.1, 0.15) is 79.1 Å². The van der Waals surface area contributed by atoms with Gasteiger partial charge < -0.3 is 38.6 Å². The molecule has 1 saturated heterocycles. The number of ether oxygens (including phenoxy) is 6. The Morgan fingerprint density at radius 3 is 1.96 bits per heavy atom. The second kappa shape index (κ2) is 12.8. The lowest BCUT2D eigenvalue weighted by atomic mass is 9.45. The van der Waals surface area contributed by atoms with Crippen molar-refractivity contribution < 1.29 is 62.6 Å². The zero-order chi connectivity index (χ0) is 35.3. The quantitative estimate of drug-likeness (QED) is 0.291. The average molecular weight is 663 g/mol. The normalized spacial score (nSPS) is 35.4. The van der Waals surface area contributed by atoms with Crippen molar-refractivity contribution in [3.8, 4) is 0 Å². The lowest BCUT2D eigenvalue weighted by Gasteiger charge is -2.66. The Bertz CT molecular complexity index is 1390. The fourth-order valence-electron chi connectivity index (χ4n) is 7.73. The Balaban J connectivity index is 2.12. The minimum atomic E-state index is -2.23. The summed E-state index contributed by atoms with van der Waals surface area (Å²) in [6, 6.07) is 7.89. The van der Waals surface area contributed by atoms with Gasteiger partial charge in [-0.2, -0.15) is 0 Å². The number of rotatable bonds is 9. The molecule has 13 nitrogen and oxygen atoms in total. The fourth-order valence-corrected chi connectivity index (χ4v) is 7.73. The first-order valence-corrected chi connectivity index (χ1v) is 15.8. The number of aliphatic hydroxyl groups is 2. The maximum absolute atomic E-state index is 13.9. The van der Waals surface area contributed by atoms with Crippen LogP contribution in [0.3, 0.4) is 0 Å².